The van der Waals surface area contributed by atoms with Gasteiger partial charge in [-0.2, -0.15) is 0 Å². The predicted octanol–water partition coefficient (Wildman–Crippen LogP) is 3.41. The van der Waals surface area contributed by atoms with Crippen LogP contribution in [-0.2, 0) is 27.2 Å². The van der Waals surface area contributed by atoms with Gasteiger partial charge in [-0.15, -0.1) is 11.3 Å². The molecule has 1 amide bonds. The minimum atomic E-state index is -0.396. The highest BCUT2D eigenvalue weighted by Gasteiger charge is 2.28. The van der Waals surface area contributed by atoms with Crippen molar-refractivity contribution in [1.29, 1.82) is 0 Å². The van der Waals surface area contributed by atoms with Crippen LogP contribution in [-0.4, -0.2) is 38.4 Å². The van der Waals surface area contributed by atoms with E-state index in [9.17, 15) is 9.59 Å². The largest absolute Gasteiger partial charge is 0.496 e. The van der Waals surface area contributed by atoms with Gasteiger partial charge in [-0.05, 0) is 43.9 Å². The molecule has 0 spiro atoms. The molecule has 0 saturated heterocycles. The molecule has 1 aliphatic carbocycles. The molecule has 1 aromatic heterocycles. The summed E-state index contributed by atoms with van der Waals surface area (Å²) in [5, 5.41) is 7.09. The van der Waals surface area contributed by atoms with E-state index in [-0.39, 0.29) is 19.1 Å². The fourth-order valence-electron chi connectivity index (χ4n) is 3.04. The second-order valence-corrected chi connectivity index (χ2v) is 7.19. The van der Waals surface area contributed by atoms with Gasteiger partial charge >= 0.3 is 5.97 Å². The second-order valence-electron chi connectivity index (χ2n) is 6.08. The molecule has 1 heterocycles. The molecule has 2 aromatic rings. The van der Waals surface area contributed by atoms with Crippen molar-refractivity contribution in [3.8, 4) is 5.75 Å². The van der Waals surface area contributed by atoms with Crippen molar-refractivity contribution in [3.63, 3.8) is 0 Å². The van der Waals surface area contributed by atoms with Gasteiger partial charge in [-0.1, -0.05) is 17.3 Å². The second kappa shape index (κ2) is 9.36. The highest BCUT2D eigenvalue weighted by molar-refractivity contribution is 7.17. The van der Waals surface area contributed by atoms with Gasteiger partial charge in [0.15, 0.2) is 6.61 Å². The Morgan fingerprint density at radius 3 is 2.89 bits per heavy atom. The van der Waals surface area contributed by atoms with Gasteiger partial charge in [0, 0.05) is 10.4 Å². The number of carbonyl (C=O) groups is 2. The Balaban J connectivity index is 1.61. The Labute approximate surface area is 167 Å². The molecule has 0 radical (unpaired) electrons. The molecule has 148 valence electrons. The fourth-order valence-corrected chi connectivity index (χ4v) is 4.33. The van der Waals surface area contributed by atoms with Crippen LogP contribution in [0.25, 0.3) is 0 Å². The van der Waals surface area contributed by atoms with E-state index in [4.69, 9.17) is 14.3 Å². The lowest BCUT2D eigenvalue weighted by molar-refractivity contribution is -0.120. The molecule has 7 nitrogen and oxygen atoms in total. The zero-order valence-corrected chi connectivity index (χ0v) is 16.6. The molecule has 28 heavy (non-hydrogen) atoms. The van der Waals surface area contributed by atoms with Gasteiger partial charge in [0.25, 0.3) is 5.91 Å². The number of amides is 1. The summed E-state index contributed by atoms with van der Waals surface area (Å²) in [6, 6.07) is 7.33. The molecule has 0 bridgehead atoms. The molecule has 0 saturated carbocycles. The van der Waals surface area contributed by atoms with E-state index in [1.54, 1.807) is 20.1 Å². The minimum Gasteiger partial charge on any atom is -0.496 e. The number of hydrogen-bond donors (Lipinski definition) is 1. The van der Waals surface area contributed by atoms with E-state index < -0.39 is 5.97 Å². The summed E-state index contributed by atoms with van der Waals surface area (Å²) >= 11 is 1.43. The maximum absolute atomic E-state index is 12.3. The molecule has 0 fully saturated rings. The Kier molecular flexibility index (Phi) is 6.65. The smallest absolute Gasteiger partial charge is 0.341 e. The summed E-state index contributed by atoms with van der Waals surface area (Å²) in [5.74, 6) is -0.124. The number of anilines is 1. The third-order valence-electron chi connectivity index (χ3n) is 4.25. The lowest BCUT2D eigenvalue weighted by Gasteiger charge is -2.07. The zero-order valence-electron chi connectivity index (χ0n) is 15.8. The number of thiophene rings is 1. The lowest BCUT2D eigenvalue weighted by Crippen LogP contribution is -2.18. The number of oxime groups is 1. The average molecular weight is 402 g/mol. The van der Waals surface area contributed by atoms with Crippen molar-refractivity contribution >= 4 is 34.4 Å². The SMILES string of the molecule is CCOC(=O)c1c(NC(=O)CO/N=C\c2ccccc2OC)sc2c1CCC2. The van der Waals surface area contributed by atoms with E-state index in [2.05, 4.69) is 10.5 Å². The van der Waals surface area contributed by atoms with Crippen LogP contribution in [0.1, 0.15) is 39.7 Å². The van der Waals surface area contributed by atoms with Crippen LogP contribution >= 0.6 is 11.3 Å². The molecule has 1 N–H and O–H groups in total. The van der Waals surface area contributed by atoms with E-state index in [1.807, 2.05) is 18.2 Å². The zero-order chi connectivity index (χ0) is 19.9. The molecule has 0 aliphatic heterocycles. The summed E-state index contributed by atoms with van der Waals surface area (Å²) in [6.07, 6.45) is 4.25. The minimum absolute atomic E-state index is 0.267. The summed E-state index contributed by atoms with van der Waals surface area (Å²) in [4.78, 5) is 30.8. The number of hydrogen-bond acceptors (Lipinski definition) is 7. The van der Waals surface area contributed by atoms with Crippen molar-refractivity contribution in [1.82, 2.24) is 0 Å². The van der Waals surface area contributed by atoms with Crippen molar-refractivity contribution < 1.29 is 23.9 Å². The number of fused-ring (bicyclic) bond motifs is 1. The summed E-state index contributed by atoms with van der Waals surface area (Å²) in [7, 11) is 1.57. The van der Waals surface area contributed by atoms with Gasteiger partial charge in [0.2, 0.25) is 0 Å². The maximum atomic E-state index is 12.3. The summed E-state index contributed by atoms with van der Waals surface area (Å²) < 4.78 is 10.4. The molecular weight excluding hydrogens is 380 g/mol. The Morgan fingerprint density at radius 1 is 1.29 bits per heavy atom. The number of aryl methyl sites for hydroxylation is 1. The van der Waals surface area contributed by atoms with Crippen molar-refractivity contribution in [2.24, 2.45) is 5.16 Å². The van der Waals surface area contributed by atoms with Crippen LogP contribution in [0.3, 0.4) is 0 Å². The topological polar surface area (TPSA) is 86.2 Å². The van der Waals surface area contributed by atoms with Gasteiger partial charge in [-0.25, -0.2) is 4.79 Å². The quantitative estimate of drug-likeness (QED) is 0.415. The third kappa shape index (κ3) is 4.51. The Bertz CT molecular complexity index is 891. The van der Waals surface area contributed by atoms with Crippen molar-refractivity contribution in [2.75, 3.05) is 25.6 Å². The van der Waals surface area contributed by atoms with E-state index in [1.165, 1.54) is 17.6 Å². The molecule has 3 rings (SSSR count). The van der Waals surface area contributed by atoms with Crippen LogP contribution < -0.4 is 10.1 Å². The number of carbonyl (C=O) groups excluding carboxylic acids is 2. The van der Waals surface area contributed by atoms with Crippen molar-refractivity contribution in [3.05, 3.63) is 45.8 Å². The predicted molar refractivity (Wildman–Crippen MR) is 107 cm³/mol. The number of benzene rings is 1. The number of methoxy groups -OCH3 is 1. The van der Waals surface area contributed by atoms with Gasteiger partial charge in [-0.3, -0.25) is 4.79 Å². The highest BCUT2D eigenvalue weighted by atomic mass is 32.1. The Hall–Kier alpha value is -2.87. The normalized spacial score (nSPS) is 12.6. The average Bonchev–Trinajstić information content (AvgIpc) is 3.26. The van der Waals surface area contributed by atoms with E-state index >= 15 is 0 Å². The number of nitrogens with zero attached hydrogens (tertiary/aromatic N) is 1. The first-order valence-corrected chi connectivity index (χ1v) is 9.85. The first-order valence-electron chi connectivity index (χ1n) is 9.03. The molecule has 0 unspecified atom stereocenters. The standard InChI is InChI=1S/C20H22N2O5S/c1-3-26-20(24)18-14-8-6-10-16(14)28-19(18)22-17(23)12-27-21-11-13-7-4-5-9-15(13)25-2/h4-5,7,9,11H,3,6,8,10,12H2,1-2H3,(H,22,23)/b21-11-. The number of para-hydroxylation sites is 1. The number of esters is 1. The third-order valence-corrected chi connectivity index (χ3v) is 5.46. The van der Waals surface area contributed by atoms with Crippen molar-refractivity contribution in [2.45, 2.75) is 26.2 Å². The van der Waals surface area contributed by atoms with Gasteiger partial charge < -0.3 is 19.6 Å². The molecule has 1 aromatic carbocycles. The summed E-state index contributed by atoms with van der Waals surface area (Å²) in [6.45, 7) is 1.78. The van der Waals surface area contributed by atoms with Gasteiger partial charge in [0.05, 0.1) is 25.5 Å². The molecule has 0 atom stereocenters. The molecular formula is C20H22N2O5S. The fraction of sp³-hybridized carbons (Fsp3) is 0.350. The number of ether oxygens (including phenoxy) is 2. The van der Waals surface area contributed by atoms with Crippen LogP contribution in [0.5, 0.6) is 5.75 Å². The number of rotatable bonds is 8. The van der Waals surface area contributed by atoms with E-state index in [0.29, 0.717) is 16.3 Å². The Morgan fingerprint density at radius 2 is 2.11 bits per heavy atom. The first-order chi connectivity index (χ1) is 13.6. The molecule has 1 aliphatic rings. The number of nitrogens with one attached hydrogen (secondary N) is 1. The maximum Gasteiger partial charge on any atom is 0.341 e. The van der Waals surface area contributed by atoms with E-state index in [0.717, 1.165) is 35.3 Å². The summed E-state index contributed by atoms with van der Waals surface area (Å²) in [5.41, 5.74) is 2.21. The van der Waals surface area contributed by atoms with Gasteiger partial charge in [0.1, 0.15) is 10.8 Å². The highest BCUT2D eigenvalue weighted by Crippen LogP contribution is 2.39. The first kappa shape index (κ1) is 19.9. The monoisotopic (exact) mass is 402 g/mol. The van der Waals surface area contributed by atoms with Crippen LogP contribution in [0.2, 0.25) is 0 Å². The van der Waals surface area contributed by atoms with Crippen LogP contribution in [0.4, 0.5) is 5.00 Å². The van der Waals surface area contributed by atoms with Crippen LogP contribution in [0.15, 0.2) is 29.4 Å². The molecule has 8 heteroatoms. The lowest BCUT2D eigenvalue weighted by atomic mass is 10.1. The van der Waals surface area contributed by atoms with Crippen LogP contribution in [0, 0.1) is 0 Å².